The molecule has 0 bridgehead atoms. The molecule has 0 atom stereocenters. The van der Waals surface area contributed by atoms with E-state index in [0.29, 0.717) is 35.5 Å². The number of rotatable bonds is 19. The second-order valence-corrected chi connectivity index (χ2v) is 21.1. The number of fused-ring (bicyclic) bond motifs is 2. The lowest BCUT2D eigenvalue weighted by atomic mass is 9.78. The molecule has 3 N–H and O–H groups in total. The Morgan fingerprint density at radius 2 is 1.31 bits per heavy atom. The second-order valence-electron chi connectivity index (χ2n) is 15.7. The normalized spacial score (nSPS) is 15.5. The smallest absolute Gasteiger partial charge is 0.425 e. The lowest BCUT2D eigenvalue weighted by Gasteiger charge is -2.27. The van der Waals surface area contributed by atoms with Gasteiger partial charge >= 0.3 is 39.1 Å². The summed E-state index contributed by atoms with van der Waals surface area (Å²) in [5, 5.41) is 10.1. The van der Waals surface area contributed by atoms with Crippen LogP contribution in [0, 0.1) is 0 Å². The van der Waals surface area contributed by atoms with Crippen molar-refractivity contribution in [3.05, 3.63) is 88.2 Å². The van der Waals surface area contributed by atoms with Crippen LogP contribution < -0.4 is 4.90 Å². The number of nitrogens with zero attached hydrogens (tertiary/aromatic N) is 2. The van der Waals surface area contributed by atoms with Crippen LogP contribution in [-0.4, -0.2) is 135 Å². The summed E-state index contributed by atoms with van der Waals surface area (Å²) in [7, 11) is -20.1. The molecule has 0 spiro atoms. The molecule has 0 aromatic heterocycles. The molecule has 0 unspecified atom stereocenters. The Morgan fingerprint density at radius 1 is 0.750 bits per heavy atom. The highest BCUT2D eigenvalue weighted by atomic mass is 32.2. The van der Waals surface area contributed by atoms with Gasteiger partial charge in [-0.15, -0.1) is 25.3 Å². The van der Waals surface area contributed by atoms with E-state index >= 15 is 0 Å². The van der Waals surface area contributed by atoms with Crippen molar-refractivity contribution in [2.45, 2.75) is 83.0 Å². The third kappa shape index (κ3) is 16.3. The number of allylic oxidation sites excluding steroid dienone is 6. The number of carboxylic acids is 1. The van der Waals surface area contributed by atoms with E-state index in [9.17, 15) is 58.4 Å². The molecular weight excluding hydrogens is 1000 g/mol. The average molecular weight is 1060 g/mol. The zero-order valence-corrected chi connectivity index (χ0v) is 41.5. The minimum atomic E-state index is -4.87. The largest absolute Gasteiger partial charge is 0.748 e. The minimum absolute atomic E-state index is 0.00464. The summed E-state index contributed by atoms with van der Waals surface area (Å²) in [5.74, 6) is -4.16. The molecule has 0 aliphatic carbocycles. The number of benzene rings is 2. The number of aromatic carboxylic acids is 1. The Labute approximate surface area is 396 Å². The van der Waals surface area contributed by atoms with Gasteiger partial charge in [-0.25, -0.2) is 22.8 Å². The molecular formula is C40H50N2O21S5. The molecule has 0 radical (unpaired) electrons. The summed E-state index contributed by atoms with van der Waals surface area (Å²) < 4.78 is 165. The summed E-state index contributed by atoms with van der Waals surface area (Å²) in [5.41, 5.74) is -0.117. The van der Waals surface area contributed by atoms with Crippen molar-refractivity contribution in [1.82, 2.24) is 0 Å². The first-order valence-corrected chi connectivity index (χ1v) is 26.7. The highest BCUT2D eigenvalue weighted by molar-refractivity contribution is 7.86. The maximum atomic E-state index is 13.5. The molecule has 0 saturated heterocycles. The first kappa shape index (κ1) is 58.6. The van der Waals surface area contributed by atoms with E-state index in [1.807, 2.05) is 27.7 Å². The van der Waals surface area contributed by atoms with Crippen LogP contribution in [0.4, 0.5) is 11.4 Å². The van der Waals surface area contributed by atoms with Gasteiger partial charge in [-0.1, -0.05) is 45.9 Å². The molecule has 2 aliphatic rings. The molecule has 2 heterocycles. The van der Waals surface area contributed by atoms with Gasteiger partial charge in [0.25, 0.3) is 20.2 Å². The van der Waals surface area contributed by atoms with Crippen molar-refractivity contribution in [3.63, 3.8) is 0 Å². The molecule has 68 heavy (non-hydrogen) atoms. The van der Waals surface area contributed by atoms with Crippen molar-refractivity contribution >= 4 is 86.6 Å². The van der Waals surface area contributed by atoms with Crippen molar-refractivity contribution in [3.8, 4) is 0 Å². The number of hydrogen-bond donors (Lipinski definition) is 3. The molecule has 2 aliphatic heterocycles. The van der Waals surface area contributed by atoms with Gasteiger partial charge in [0, 0.05) is 53.2 Å². The van der Waals surface area contributed by atoms with Crippen LogP contribution in [0.25, 0.3) is 0 Å². The molecule has 0 saturated carbocycles. The van der Waals surface area contributed by atoms with Crippen LogP contribution >= 0.6 is 0 Å². The van der Waals surface area contributed by atoms with Gasteiger partial charge in [0.2, 0.25) is 5.69 Å². The molecule has 28 heteroatoms. The maximum absolute atomic E-state index is 13.5. The van der Waals surface area contributed by atoms with E-state index < -0.39 is 102 Å². The van der Waals surface area contributed by atoms with Crippen LogP contribution in [-0.2, 0) is 71.9 Å². The fourth-order valence-corrected chi connectivity index (χ4v) is 9.05. The van der Waals surface area contributed by atoms with Crippen molar-refractivity contribution in [1.29, 1.82) is 0 Å². The highest BCUT2D eigenvalue weighted by Gasteiger charge is 2.48. The number of carbonyl (C=O) groups is 3. The van der Waals surface area contributed by atoms with Crippen LogP contribution in [0.1, 0.15) is 109 Å². The lowest BCUT2D eigenvalue weighted by molar-refractivity contribution is -0.437. The maximum Gasteiger partial charge on any atom is 0.425 e. The van der Waals surface area contributed by atoms with Gasteiger partial charge in [0.05, 0.1) is 61.6 Å². The molecule has 23 nitrogen and oxygen atoms in total. The number of hydrogen-bond acceptors (Lipinski definition) is 19. The van der Waals surface area contributed by atoms with E-state index in [1.165, 1.54) is 11.0 Å². The van der Waals surface area contributed by atoms with Crippen LogP contribution in [0.15, 0.2) is 65.2 Å². The van der Waals surface area contributed by atoms with Gasteiger partial charge in [0.1, 0.15) is 6.54 Å². The van der Waals surface area contributed by atoms with E-state index in [1.54, 1.807) is 54.9 Å². The van der Waals surface area contributed by atoms with Crippen LogP contribution in [0.3, 0.4) is 0 Å². The topological polar surface area (TPSA) is 365 Å². The van der Waals surface area contributed by atoms with Gasteiger partial charge < -0.3 is 24.0 Å². The van der Waals surface area contributed by atoms with Crippen molar-refractivity contribution in [2.75, 3.05) is 42.7 Å². The predicted octanol–water partition coefficient (Wildman–Crippen LogP) is 3.14. The molecule has 2 aromatic carbocycles. The quantitative estimate of drug-likeness (QED) is 0.0787. The first-order chi connectivity index (χ1) is 31.2. The van der Waals surface area contributed by atoms with Gasteiger partial charge in [0.15, 0.2) is 5.71 Å². The van der Waals surface area contributed by atoms with E-state index in [0.717, 1.165) is 12.1 Å². The van der Waals surface area contributed by atoms with Crippen molar-refractivity contribution < 1.29 is 97.7 Å². The van der Waals surface area contributed by atoms with Crippen LogP contribution in [0.2, 0.25) is 0 Å². The Bertz CT molecular complexity index is 2950. The first-order valence-electron chi connectivity index (χ1n) is 20.0. The highest BCUT2D eigenvalue weighted by Crippen LogP contribution is 2.50. The van der Waals surface area contributed by atoms with E-state index in [4.69, 9.17) is 34.7 Å². The third-order valence-corrected chi connectivity index (χ3v) is 12.5. The zero-order valence-electron chi connectivity index (χ0n) is 37.4. The number of carboxylic acid groups (broad SMARTS) is 1. The summed E-state index contributed by atoms with van der Waals surface area (Å²) in [4.78, 5) is 40.0. The summed E-state index contributed by atoms with van der Waals surface area (Å²) >= 11 is 0. The standard InChI is InChI=1S/C40H50N2O15S3.2O3S/c1-7-18-56-37(45)26-22-29(38(46)57-19-8-2)35-30(23-26)41(16-12-20-58(47,48)49)33(40(35,5)6)15-11-9-10-14-32-39(3,4)34-28(36(43)44)24-27(60(53,54)55)25-31(34)42(32)17-13-21-59(50,51)52;2*1-4(2)3/h9-11,14-15,22-25H,7-8,12-13,16-21H2,1-6H3,(H3-,43,44,47,48,49,50,51,52,53,54,55);;. The van der Waals surface area contributed by atoms with Gasteiger partial charge in [-0.05, 0) is 57.4 Å². The predicted molar refractivity (Wildman–Crippen MR) is 240 cm³/mol. The summed E-state index contributed by atoms with van der Waals surface area (Å²) in [6.45, 7) is 10.8. The minimum Gasteiger partial charge on any atom is -0.748 e. The monoisotopic (exact) mass is 1050 g/mol. The summed E-state index contributed by atoms with van der Waals surface area (Å²) in [6, 6.07) is 4.90. The second kappa shape index (κ2) is 24.2. The lowest BCUT2D eigenvalue weighted by Crippen LogP contribution is -2.29. The number of anilines is 1. The van der Waals surface area contributed by atoms with E-state index in [-0.39, 0.29) is 61.5 Å². The van der Waals surface area contributed by atoms with Crippen LogP contribution in [0.5, 0.6) is 0 Å². The Morgan fingerprint density at radius 3 is 1.81 bits per heavy atom. The summed E-state index contributed by atoms with van der Waals surface area (Å²) in [6.07, 6.45) is 9.01. The Balaban J connectivity index is 0.00000183. The number of ether oxygens (including phenoxy) is 2. The Hall–Kier alpha value is -5.49. The Kier molecular flexibility index (Phi) is 20.8. The van der Waals surface area contributed by atoms with E-state index in [2.05, 4.69) is 0 Å². The van der Waals surface area contributed by atoms with Gasteiger partial charge in [-0.2, -0.15) is 21.4 Å². The molecule has 376 valence electrons. The number of esters is 2. The molecule has 0 fully saturated rings. The molecule has 0 amide bonds. The third-order valence-electron chi connectivity index (χ3n) is 10.1. The number of carbonyl (C=O) groups excluding carboxylic acids is 2. The zero-order chi connectivity index (χ0) is 52.2. The van der Waals surface area contributed by atoms with Crippen molar-refractivity contribution in [2.24, 2.45) is 0 Å². The SMILES string of the molecule is CCCOC(=O)c1cc(C(=O)OCCC)c2c(c1)[N+](CCCS(=O)(=O)[O-])=C(/C=C/C=C/C=C1/N(CCCS(=O)(=O)O)c3cc(S(=O)(=O)O)cc(C(=O)O)c3C1(C)C)C2(C)C.O=S(=O)=O.O=S(=O)=O. The van der Waals surface area contributed by atoms with Gasteiger partial charge in [-0.3, -0.25) is 9.11 Å². The average Bonchev–Trinajstić information content (AvgIpc) is 3.54. The fraction of sp³-hybridized carbons (Fsp3) is 0.450. The molecule has 2 aromatic rings. The fourth-order valence-electron chi connectivity index (χ4n) is 7.55. The molecule has 4 rings (SSSR count).